The van der Waals surface area contributed by atoms with Gasteiger partial charge in [0.1, 0.15) is 6.29 Å². The van der Waals surface area contributed by atoms with E-state index in [-0.39, 0.29) is 5.41 Å². The van der Waals surface area contributed by atoms with Crippen molar-refractivity contribution in [2.75, 3.05) is 13.2 Å². The molecule has 2 heteroatoms. The maximum absolute atomic E-state index is 10.4. The largest absolute Gasteiger partial charge is 0.380 e. The molecule has 68 valence electrons. The number of rotatable bonds is 3. The number of hydrogen-bond acceptors (Lipinski definition) is 2. The fourth-order valence-electron chi connectivity index (χ4n) is 1.84. The standard InChI is InChI=1S/C10H16O2/c1-8(2)9-6-12-7-10(9,3)4-5-11/h5,9H,1,4,6-7H2,2-3H3/t9-,10-/m0/s1. The van der Waals surface area contributed by atoms with Crippen molar-refractivity contribution in [2.45, 2.75) is 20.3 Å². The Labute approximate surface area is 73.6 Å². The summed E-state index contributed by atoms with van der Waals surface area (Å²) in [5.74, 6) is 0.350. The smallest absolute Gasteiger partial charge is 0.120 e. The van der Waals surface area contributed by atoms with Gasteiger partial charge in [0.25, 0.3) is 0 Å². The van der Waals surface area contributed by atoms with Gasteiger partial charge in [-0.15, -0.1) is 0 Å². The van der Waals surface area contributed by atoms with Crippen LogP contribution in [0, 0.1) is 11.3 Å². The van der Waals surface area contributed by atoms with Crippen LogP contribution in [0.5, 0.6) is 0 Å². The summed E-state index contributed by atoms with van der Waals surface area (Å²) in [7, 11) is 0. The zero-order valence-electron chi connectivity index (χ0n) is 7.80. The SMILES string of the molecule is C=C(C)[C@@H]1COC[C@]1(C)CC=O. The molecule has 0 N–H and O–H groups in total. The van der Waals surface area contributed by atoms with Gasteiger partial charge in [-0.05, 0) is 6.92 Å². The molecule has 0 aromatic carbocycles. The highest BCUT2D eigenvalue weighted by Crippen LogP contribution is 2.40. The van der Waals surface area contributed by atoms with E-state index in [2.05, 4.69) is 13.5 Å². The van der Waals surface area contributed by atoms with E-state index in [1.165, 1.54) is 0 Å². The minimum Gasteiger partial charge on any atom is -0.380 e. The number of carbonyl (C=O) groups excluding carboxylic acids is 1. The highest BCUT2D eigenvalue weighted by Gasteiger charge is 2.39. The molecule has 2 nitrogen and oxygen atoms in total. The molecular formula is C10H16O2. The summed E-state index contributed by atoms with van der Waals surface area (Å²) in [5.41, 5.74) is 1.12. The van der Waals surface area contributed by atoms with Crippen LogP contribution in [-0.2, 0) is 9.53 Å². The Morgan fingerprint density at radius 2 is 2.50 bits per heavy atom. The first kappa shape index (κ1) is 9.46. The third-order valence-corrected chi connectivity index (χ3v) is 2.70. The van der Waals surface area contributed by atoms with E-state index >= 15 is 0 Å². The molecule has 1 fully saturated rings. The van der Waals surface area contributed by atoms with Crippen molar-refractivity contribution >= 4 is 6.29 Å². The van der Waals surface area contributed by atoms with Gasteiger partial charge in [0.15, 0.2) is 0 Å². The lowest BCUT2D eigenvalue weighted by Crippen LogP contribution is -2.27. The van der Waals surface area contributed by atoms with Crippen LogP contribution in [0.2, 0.25) is 0 Å². The Balaban J connectivity index is 2.73. The minimum absolute atomic E-state index is 0.00637. The third-order valence-electron chi connectivity index (χ3n) is 2.70. The Morgan fingerprint density at radius 3 is 3.00 bits per heavy atom. The van der Waals surface area contributed by atoms with Gasteiger partial charge in [-0.1, -0.05) is 19.1 Å². The highest BCUT2D eigenvalue weighted by molar-refractivity contribution is 5.51. The molecule has 1 saturated heterocycles. The van der Waals surface area contributed by atoms with E-state index in [9.17, 15) is 4.79 Å². The van der Waals surface area contributed by atoms with Crippen molar-refractivity contribution in [3.05, 3.63) is 12.2 Å². The predicted molar refractivity (Wildman–Crippen MR) is 47.9 cm³/mol. The lowest BCUT2D eigenvalue weighted by molar-refractivity contribution is -0.110. The van der Waals surface area contributed by atoms with Gasteiger partial charge in [-0.25, -0.2) is 0 Å². The molecular weight excluding hydrogens is 152 g/mol. The van der Waals surface area contributed by atoms with E-state index in [0.29, 0.717) is 18.9 Å². The van der Waals surface area contributed by atoms with E-state index in [1.54, 1.807) is 0 Å². The zero-order valence-corrected chi connectivity index (χ0v) is 7.80. The van der Waals surface area contributed by atoms with Gasteiger partial charge in [0.2, 0.25) is 0 Å². The number of ether oxygens (including phenoxy) is 1. The molecule has 0 spiro atoms. The molecule has 0 bridgehead atoms. The lowest BCUT2D eigenvalue weighted by Gasteiger charge is -2.27. The quantitative estimate of drug-likeness (QED) is 0.474. The molecule has 0 aliphatic carbocycles. The minimum atomic E-state index is -0.00637. The Morgan fingerprint density at radius 1 is 1.83 bits per heavy atom. The van der Waals surface area contributed by atoms with E-state index < -0.39 is 0 Å². The van der Waals surface area contributed by atoms with Crippen LogP contribution in [0.25, 0.3) is 0 Å². The van der Waals surface area contributed by atoms with Crippen molar-refractivity contribution in [2.24, 2.45) is 11.3 Å². The summed E-state index contributed by atoms with van der Waals surface area (Å²) in [5, 5.41) is 0. The van der Waals surface area contributed by atoms with Crippen molar-refractivity contribution in [3.63, 3.8) is 0 Å². The fraction of sp³-hybridized carbons (Fsp3) is 0.700. The first-order valence-corrected chi connectivity index (χ1v) is 4.27. The van der Waals surface area contributed by atoms with Crippen molar-refractivity contribution < 1.29 is 9.53 Å². The first-order valence-electron chi connectivity index (χ1n) is 4.27. The normalized spacial score (nSPS) is 35.0. The average molecular weight is 168 g/mol. The topological polar surface area (TPSA) is 26.3 Å². The van der Waals surface area contributed by atoms with Gasteiger partial charge < -0.3 is 9.53 Å². The van der Waals surface area contributed by atoms with Crippen molar-refractivity contribution in [3.8, 4) is 0 Å². The van der Waals surface area contributed by atoms with Gasteiger partial charge in [-0.3, -0.25) is 0 Å². The van der Waals surface area contributed by atoms with Crippen LogP contribution < -0.4 is 0 Å². The summed E-state index contributed by atoms with van der Waals surface area (Å²) < 4.78 is 5.37. The van der Waals surface area contributed by atoms with Crippen LogP contribution >= 0.6 is 0 Å². The monoisotopic (exact) mass is 168 g/mol. The predicted octanol–water partition coefficient (Wildman–Crippen LogP) is 1.80. The molecule has 0 aromatic heterocycles. The summed E-state index contributed by atoms with van der Waals surface area (Å²) in [6, 6.07) is 0. The molecule has 1 aliphatic rings. The maximum atomic E-state index is 10.4. The van der Waals surface area contributed by atoms with Crippen LogP contribution in [0.15, 0.2) is 12.2 Å². The second kappa shape index (κ2) is 3.40. The molecule has 1 rings (SSSR count). The van der Waals surface area contributed by atoms with Crippen LogP contribution in [0.3, 0.4) is 0 Å². The molecule has 0 aromatic rings. The Kier molecular flexibility index (Phi) is 2.68. The lowest BCUT2D eigenvalue weighted by atomic mass is 9.75. The summed E-state index contributed by atoms with van der Waals surface area (Å²) >= 11 is 0. The van der Waals surface area contributed by atoms with Gasteiger partial charge in [0, 0.05) is 17.8 Å². The second-order valence-corrected chi connectivity index (χ2v) is 3.94. The Hall–Kier alpha value is -0.630. The number of aldehydes is 1. The van der Waals surface area contributed by atoms with Crippen molar-refractivity contribution in [1.82, 2.24) is 0 Å². The van der Waals surface area contributed by atoms with E-state index in [0.717, 1.165) is 18.5 Å². The molecule has 1 aliphatic heterocycles. The number of hydrogen-bond donors (Lipinski definition) is 0. The third kappa shape index (κ3) is 1.58. The molecule has 0 unspecified atom stereocenters. The zero-order chi connectivity index (χ0) is 9.19. The average Bonchev–Trinajstić information content (AvgIpc) is 2.32. The molecule has 0 saturated carbocycles. The van der Waals surface area contributed by atoms with Crippen LogP contribution in [-0.4, -0.2) is 19.5 Å². The van der Waals surface area contributed by atoms with Crippen molar-refractivity contribution in [1.29, 1.82) is 0 Å². The second-order valence-electron chi connectivity index (χ2n) is 3.94. The van der Waals surface area contributed by atoms with E-state index in [4.69, 9.17) is 4.74 Å². The Bertz CT molecular complexity index is 198. The fourth-order valence-corrected chi connectivity index (χ4v) is 1.84. The van der Waals surface area contributed by atoms with Gasteiger partial charge >= 0.3 is 0 Å². The van der Waals surface area contributed by atoms with Crippen LogP contribution in [0.4, 0.5) is 0 Å². The highest BCUT2D eigenvalue weighted by atomic mass is 16.5. The van der Waals surface area contributed by atoms with E-state index in [1.807, 2.05) is 6.92 Å². The molecule has 0 amide bonds. The van der Waals surface area contributed by atoms with Gasteiger partial charge in [0.05, 0.1) is 13.2 Å². The number of carbonyl (C=O) groups is 1. The molecule has 1 heterocycles. The van der Waals surface area contributed by atoms with Crippen LogP contribution in [0.1, 0.15) is 20.3 Å². The summed E-state index contributed by atoms with van der Waals surface area (Å²) in [6.07, 6.45) is 1.55. The molecule has 12 heavy (non-hydrogen) atoms. The summed E-state index contributed by atoms with van der Waals surface area (Å²) in [4.78, 5) is 10.4. The maximum Gasteiger partial charge on any atom is 0.120 e. The molecule has 0 radical (unpaired) electrons. The molecule has 2 atom stereocenters. The van der Waals surface area contributed by atoms with Gasteiger partial charge in [-0.2, -0.15) is 0 Å². The first-order chi connectivity index (χ1) is 5.60. The summed E-state index contributed by atoms with van der Waals surface area (Å²) in [6.45, 7) is 9.42.